The van der Waals surface area contributed by atoms with Crippen LogP contribution in [0.4, 0.5) is 5.69 Å². The molecule has 2 aromatic carbocycles. The Morgan fingerprint density at radius 3 is 1.96 bits per heavy atom. The van der Waals surface area contributed by atoms with Gasteiger partial charge in [0.15, 0.2) is 11.4 Å². The molecule has 0 atom stereocenters. The van der Waals surface area contributed by atoms with E-state index in [4.69, 9.17) is 14.6 Å². The van der Waals surface area contributed by atoms with E-state index in [9.17, 15) is 19.2 Å². The van der Waals surface area contributed by atoms with Gasteiger partial charge < -0.3 is 24.8 Å². The van der Waals surface area contributed by atoms with E-state index in [1.807, 2.05) is 45.0 Å². The van der Waals surface area contributed by atoms with Crippen LogP contribution in [0.1, 0.15) is 82.0 Å². The fourth-order valence-electron chi connectivity index (χ4n) is 5.15. The number of ether oxygens (including phenoxy) is 2. The lowest BCUT2D eigenvalue weighted by Gasteiger charge is -2.33. The van der Waals surface area contributed by atoms with E-state index in [1.165, 1.54) is 0 Å². The van der Waals surface area contributed by atoms with Crippen LogP contribution in [0, 0.1) is 23.7 Å². The molecule has 3 aromatic rings. The first-order chi connectivity index (χ1) is 22.5. The van der Waals surface area contributed by atoms with E-state index in [2.05, 4.69) is 44.5 Å². The first kappa shape index (κ1) is 36.0. The van der Waals surface area contributed by atoms with E-state index in [0.717, 1.165) is 48.3 Å². The summed E-state index contributed by atoms with van der Waals surface area (Å²) in [5, 5.41) is 11.4. The zero-order valence-corrected chi connectivity index (χ0v) is 28.9. The summed E-state index contributed by atoms with van der Waals surface area (Å²) in [6, 6.07) is 16.5. The van der Waals surface area contributed by atoms with Crippen LogP contribution in [-0.4, -0.2) is 58.5 Å². The number of carboxylic acids is 1. The van der Waals surface area contributed by atoms with Gasteiger partial charge in [-0.05, 0) is 96.0 Å². The summed E-state index contributed by atoms with van der Waals surface area (Å²) >= 11 is 0. The van der Waals surface area contributed by atoms with Crippen molar-refractivity contribution in [3.63, 3.8) is 0 Å². The number of amides is 1. The number of nitrogens with one attached hydrogen (secondary N) is 1. The highest BCUT2D eigenvalue weighted by molar-refractivity contribution is 5.97. The summed E-state index contributed by atoms with van der Waals surface area (Å²) in [5.74, 6) is -2.05. The number of aryl methyl sites for hydroxylation is 1. The topological polar surface area (TPSA) is 148 Å². The number of benzene rings is 2. The van der Waals surface area contributed by atoms with Crippen LogP contribution in [0.15, 0.2) is 48.5 Å². The Hall–Kier alpha value is -4.80. The van der Waals surface area contributed by atoms with E-state index >= 15 is 0 Å². The molecule has 0 radical (unpaired) electrons. The molecule has 2 N–H and O–H groups in total. The molecule has 0 saturated carbocycles. The maximum Gasteiger partial charge on any atom is 0.322 e. The van der Waals surface area contributed by atoms with Gasteiger partial charge in [-0.2, -0.15) is 0 Å². The first-order valence-corrected chi connectivity index (χ1v) is 16.2. The quantitative estimate of drug-likeness (QED) is 0.257. The molecular weight excluding hydrogens is 612 g/mol. The van der Waals surface area contributed by atoms with Gasteiger partial charge in [-0.15, -0.1) is 0 Å². The lowest BCUT2D eigenvalue weighted by Crippen LogP contribution is -2.35. The number of rotatable bonds is 10. The SMILES string of the molecule is Cc1nc(CC2CCN(c3ccc(-c4ccc(COC(=O)C(C)(C)C)cc4)cc3)CC2)nc(C(=O)NCC(=O)O)c1OC(=O)C(C)(C)C. The van der Waals surface area contributed by atoms with Crippen molar-refractivity contribution in [3.05, 3.63) is 71.3 Å². The van der Waals surface area contributed by atoms with Crippen molar-refractivity contribution in [3.8, 4) is 16.9 Å². The van der Waals surface area contributed by atoms with E-state index < -0.39 is 35.2 Å². The summed E-state index contributed by atoms with van der Waals surface area (Å²) < 4.78 is 11.0. The van der Waals surface area contributed by atoms with Crippen LogP contribution >= 0.6 is 0 Å². The normalized spacial score (nSPS) is 13.9. The Morgan fingerprint density at radius 2 is 1.42 bits per heavy atom. The highest BCUT2D eigenvalue weighted by atomic mass is 16.5. The maximum absolute atomic E-state index is 12.9. The van der Waals surface area contributed by atoms with Crippen molar-refractivity contribution in [2.24, 2.45) is 16.7 Å². The highest BCUT2D eigenvalue weighted by Crippen LogP contribution is 2.30. The maximum atomic E-state index is 12.9. The number of piperidine rings is 1. The second-order valence-electron chi connectivity index (χ2n) is 14.3. The third-order valence-electron chi connectivity index (χ3n) is 8.09. The second kappa shape index (κ2) is 15.0. The van der Waals surface area contributed by atoms with Gasteiger partial charge in [0.05, 0.1) is 16.5 Å². The zero-order chi connectivity index (χ0) is 35.2. The highest BCUT2D eigenvalue weighted by Gasteiger charge is 2.30. The predicted molar refractivity (Wildman–Crippen MR) is 182 cm³/mol. The molecule has 11 heteroatoms. The zero-order valence-electron chi connectivity index (χ0n) is 28.9. The van der Waals surface area contributed by atoms with Gasteiger partial charge in [-0.3, -0.25) is 19.2 Å². The average molecular weight is 659 g/mol. The fourth-order valence-corrected chi connectivity index (χ4v) is 5.15. The predicted octanol–water partition coefficient (Wildman–Crippen LogP) is 5.77. The van der Waals surface area contributed by atoms with Crippen molar-refractivity contribution in [1.82, 2.24) is 15.3 Å². The molecule has 0 aliphatic carbocycles. The van der Waals surface area contributed by atoms with Gasteiger partial charge in [0.2, 0.25) is 0 Å². The van der Waals surface area contributed by atoms with Gasteiger partial charge in [-0.1, -0.05) is 36.4 Å². The molecule has 4 rings (SSSR count). The monoisotopic (exact) mass is 658 g/mol. The van der Waals surface area contributed by atoms with Crippen molar-refractivity contribution in [1.29, 1.82) is 0 Å². The number of hydrogen-bond donors (Lipinski definition) is 2. The minimum Gasteiger partial charge on any atom is -0.480 e. The summed E-state index contributed by atoms with van der Waals surface area (Å²) in [5.41, 5.74) is 3.09. The van der Waals surface area contributed by atoms with Crippen molar-refractivity contribution >= 4 is 29.5 Å². The number of hydrogen-bond acceptors (Lipinski definition) is 9. The minimum atomic E-state index is -1.20. The Balaban J connectivity index is 1.37. The molecular formula is C37H46N4O7. The van der Waals surface area contributed by atoms with Crippen LogP contribution < -0.4 is 15.0 Å². The number of aromatic nitrogens is 2. The number of nitrogens with zero attached hydrogens (tertiary/aromatic N) is 3. The second-order valence-corrected chi connectivity index (χ2v) is 14.3. The van der Waals surface area contributed by atoms with Gasteiger partial charge >= 0.3 is 17.9 Å². The lowest BCUT2D eigenvalue weighted by atomic mass is 9.92. The number of esters is 2. The first-order valence-electron chi connectivity index (χ1n) is 16.2. The Bertz CT molecular complexity index is 1630. The van der Waals surface area contributed by atoms with Crippen LogP contribution in [0.25, 0.3) is 11.1 Å². The van der Waals surface area contributed by atoms with Crippen LogP contribution in [0.2, 0.25) is 0 Å². The Morgan fingerprint density at radius 1 is 0.854 bits per heavy atom. The smallest absolute Gasteiger partial charge is 0.322 e. The van der Waals surface area contributed by atoms with Crippen molar-refractivity contribution in [2.45, 2.75) is 74.3 Å². The van der Waals surface area contributed by atoms with Crippen molar-refractivity contribution < 1.29 is 33.8 Å². The van der Waals surface area contributed by atoms with Gasteiger partial charge in [0.25, 0.3) is 5.91 Å². The molecule has 48 heavy (non-hydrogen) atoms. The summed E-state index contributed by atoms with van der Waals surface area (Å²) in [7, 11) is 0. The molecule has 1 aliphatic rings. The van der Waals surface area contributed by atoms with Gasteiger partial charge in [0, 0.05) is 25.2 Å². The number of carbonyl (C=O) groups is 4. The molecule has 11 nitrogen and oxygen atoms in total. The van der Waals surface area contributed by atoms with Crippen molar-refractivity contribution in [2.75, 3.05) is 24.5 Å². The standard InChI is InChI=1S/C37H46N4O7/c1-23-32(48-35(46)37(5,6)7)31(33(44)38-21-30(42)43)40-29(39-23)20-24-16-18-41(19-17-24)28-14-12-27(13-15-28)26-10-8-25(9-11-26)22-47-34(45)36(2,3)4/h8-15,24H,16-22H2,1-7H3,(H,38,44)(H,42,43). The molecule has 1 amide bonds. The molecule has 0 bridgehead atoms. The van der Waals surface area contributed by atoms with Gasteiger partial charge in [0.1, 0.15) is 19.0 Å². The third kappa shape index (κ3) is 9.62. The third-order valence-corrected chi connectivity index (χ3v) is 8.09. The lowest BCUT2D eigenvalue weighted by molar-refractivity contribution is -0.154. The largest absolute Gasteiger partial charge is 0.480 e. The molecule has 1 saturated heterocycles. The molecule has 1 aliphatic heterocycles. The van der Waals surface area contributed by atoms with Crippen LogP contribution in [0.5, 0.6) is 5.75 Å². The molecule has 2 heterocycles. The van der Waals surface area contributed by atoms with Gasteiger partial charge in [-0.25, -0.2) is 9.97 Å². The van der Waals surface area contributed by atoms with E-state index in [0.29, 0.717) is 17.9 Å². The number of anilines is 1. The summed E-state index contributed by atoms with van der Waals surface area (Å²) in [4.78, 5) is 60.1. The molecule has 0 unspecified atom stereocenters. The molecule has 256 valence electrons. The van der Waals surface area contributed by atoms with Crippen LogP contribution in [0.3, 0.4) is 0 Å². The molecule has 0 spiro atoms. The number of carbonyl (C=O) groups excluding carboxylic acids is 3. The number of aliphatic carboxylic acids is 1. The molecule has 1 aromatic heterocycles. The van der Waals surface area contributed by atoms with E-state index in [-0.39, 0.29) is 29.9 Å². The van der Waals surface area contributed by atoms with Crippen LogP contribution in [-0.2, 0) is 32.1 Å². The fraction of sp³-hybridized carbons (Fsp3) is 0.459. The number of carboxylic acid groups (broad SMARTS) is 1. The average Bonchev–Trinajstić information content (AvgIpc) is 3.03. The van der Waals surface area contributed by atoms with E-state index in [1.54, 1.807) is 27.7 Å². The molecule has 1 fully saturated rings. The summed E-state index contributed by atoms with van der Waals surface area (Å²) in [6.07, 6.45) is 2.32. The Kier molecular flexibility index (Phi) is 11.2. The Labute approximate surface area is 282 Å². The minimum absolute atomic E-state index is 0.0580. The summed E-state index contributed by atoms with van der Waals surface area (Å²) in [6.45, 7) is 13.6.